The smallest absolute Gasteiger partial charge is 0.320 e. The van der Waals surface area contributed by atoms with Gasteiger partial charge in [-0.1, -0.05) is 11.6 Å². The number of carbonyl (C=O) groups excluding carboxylic acids is 1. The van der Waals surface area contributed by atoms with Crippen molar-refractivity contribution in [3.63, 3.8) is 0 Å². The molecule has 5 nitrogen and oxygen atoms in total. The zero-order valence-corrected chi connectivity index (χ0v) is 11.0. The molecule has 1 heterocycles. The Morgan fingerprint density at radius 1 is 1.62 bits per heavy atom. The van der Waals surface area contributed by atoms with Gasteiger partial charge < -0.3 is 4.74 Å². The van der Waals surface area contributed by atoms with Crippen molar-refractivity contribution in [3.05, 3.63) is 16.0 Å². The largest absolute Gasteiger partial charge is 0.468 e. The molecule has 16 heavy (non-hydrogen) atoms. The van der Waals surface area contributed by atoms with Gasteiger partial charge in [0.1, 0.15) is 10.8 Å². The van der Waals surface area contributed by atoms with Gasteiger partial charge in [0.2, 0.25) is 0 Å². The van der Waals surface area contributed by atoms with Crippen LogP contribution in [0.15, 0.2) is 10.3 Å². The van der Waals surface area contributed by atoms with E-state index in [0.29, 0.717) is 9.90 Å². The molecule has 0 aromatic carbocycles. The van der Waals surface area contributed by atoms with Crippen molar-refractivity contribution in [3.8, 4) is 0 Å². The summed E-state index contributed by atoms with van der Waals surface area (Å²) in [6, 6.07) is 1.45. The van der Waals surface area contributed by atoms with E-state index >= 15 is 0 Å². The highest BCUT2D eigenvalue weighted by molar-refractivity contribution is 7.91. The number of halogens is 1. The topological polar surface area (TPSA) is 72.5 Å². The molecule has 1 aromatic rings. The number of nitrogens with one attached hydrogen (secondary N) is 1. The highest BCUT2D eigenvalue weighted by atomic mass is 35.5. The molecule has 0 spiro atoms. The lowest BCUT2D eigenvalue weighted by Crippen LogP contribution is -2.29. The van der Waals surface area contributed by atoms with Crippen LogP contribution < -0.4 is 4.72 Å². The molecule has 90 valence electrons. The Morgan fingerprint density at radius 2 is 2.25 bits per heavy atom. The van der Waals surface area contributed by atoms with E-state index < -0.39 is 22.5 Å². The average Bonchev–Trinajstić information content (AvgIpc) is 2.56. The van der Waals surface area contributed by atoms with Gasteiger partial charge in [-0.2, -0.15) is 4.72 Å². The molecule has 0 bridgehead atoms. The molecular weight excluding hydrogens is 274 g/mol. The van der Waals surface area contributed by atoms with E-state index in [1.54, 1.807) is 6.92 Å². The van der Waals surface area contributed by atoms with Crippen LogP contribution in [0.5, 0.6) is 0 Å². The van der Waals surface area contributed by atoms with Gasteiger partial charge in [-0.3, -0.25) is 4.79 Å². The molecule has 0 amide bonds. The van der Waals surface area contributed by atoms with Crippen molar-refractivity contribution < 1.29 is 17.9 Å². The molecule has 0 fully saturated rings. The summed E-state index contributed by atoms with van der Waals surface area (Å²) in [5.74, 6) is -0.650. The quantitative estimate of drug-likeness (QED) is 0.842. The number of rotatable bonds is 4. The van der Waals surface area contributed by atoms with E-state index in [4.69, 9.17) is 11.6 Å². The van der Waals surface area contributed by atoms with Crippen LogP contribution in [0.1, 0.15) is 5.56 Å². The van der Waals surface area contributed by atoms with Crippen LogP contribution in [0.2, 0.25) is 4.34 Å². The second kappa shape index (κ2) is 5.13. The predicted molar refractivity (Wildman–Crippen MR) is 61.3 cm³/mol. The SMILES string of the molecule is COC(=O)CNS(=O)(=O)c1cc(C)c(Cl)s1. The third-order valence-electron chi connectivity index (χ3n) is 1.73. The van der Waals surface area contributed by atoms with Crippen molar-refractivity contribution in [1.29, 1.82) is 0 Å². The summed E-state index contributed by atoms with van der Waals surface area (Å²) in [6.45, 7) is 1.31. The lowest BCUT2D eigenvalue weighted by atomic mass is 10.4. The number of sulfonamides is 1. The zero-order valence-electron chi connectivity index (χ0n) is 8.61. The number of aryl methyl sites for hydroxylation is 1. The molecule has 8 heteroatoms. The Labute approximate surface area is 102 Å². The number of hydrogen-bond acceptors (Lipinski definition) is 5. The number of hydrogen-bond donors (Lipinski definition) is 1. The maximum atomic E-state index is 11.7. The van der Waals surface area contributed by atoms with Crippen LogP contribution in [-0.4, -0.2) is 28.0 Å². The van der Waals surface area contributed by atoms with Crippen LogP contribution in [0.4, 0.5) is 0 Å². The van der Waals surface area contributed by atoms with E-state index in [2.05, 4.69) is 9.46 Å². The van der Waals surface area contributed by atoms with E-state index in [9.17, 15) is 13.2 Å². The Bertz CT molecular complexity index is 475. The molecule has 1 aromatic heterocycles. The van der Waals surface area contributed by atoms with Crippen molar-refractivity contribution >= 4 is 38.9 Å². The molecule has 0 aliphatic heterocycles. The molecule has 1 rings (SSSR count). The van der Waals surface area contributed by atoms with Gasteiger partial charge in [-0.05, 0) is 18.6 Å². The highest BCUT2D eigenvalue weighted by Gasteiger charge is 2.19. The standard InChI is InChI=1S/C8H10ClNO4S2/c1-5-3-7(15-8(5)9)16(12,13)10-4-6(11)14-2/h3,10H,4H2,1-2H3. The first-order chi connectivity index (χ1) is 7.36. The molecule has 0 saturated carbocycles. The van der Waals surface area contributed by atoms with Crippen molar-refractivity contribution in [2.24, 2.45) is 0 Å². The van der Waals surface area contributed by atoms with E-state index in [1.165, 1.54) is 13.2 Å². The maximum absolute atomic E-state index is 11.7. The molecule has 0 atom stereocenters. The van der Waals surface area contributed by atoms with Crippen molar-refractivity contribution in [1.82, 2.24) is 4.72 Å². The van der Waals surface area contributed by atoms with E-state index in [1.807, 2.05) is 0 Å². The summed E-state index contributed by atoms with van der Waals surface area (Å²) < 4.78 is 30.2. The molecule has 0 radical (unpaired) electrons. The van der Waals surface area contributed by atoms with Crippen molar-refractivity contribution in [2.75, 3.05) is 13.7 Å². The number of ether oxygens (including phenoxy) is 1. The van der Waals surface area contributed by atoms with Crippen LogP contribution in [0.25, 0.3) is 0 Å². The van der Waals surface area contributed by atoms with Crippen LogP contribution >= 0.6 is 22.9 Å². The van der Waals surface area contributed by atoms with Gasteiger partial charge in [-0.15, -0.1) is 11.3 Å². The summed E-state index contributed by atoms with van der Waals surface area (Å²) in [6.07, 6.45) is 0. The van der Waals surface area contributed by atoms with Crippen LogP contribution in [-0.2, 0) is 19.6 Å². The molecule has 1 N–H and O–H groups in total. The monoisotopic (exact) mass is 283 g/mol. The van der Waals surface area contributed by atoms with Gasteiger partial charge >= 0.3 is 5.97 Å². The van der Waals surface area contributed by atoms with Gasteiger partial charge in [0.25, 0.3) is 10.0 Å². The fraction of sp³-hybridized carbons (Fsp3) is 0.375. The Kier molecular flexibility index (Phi) is 4.31. The molecule has 0 unspecified atom stereocenters. The normalized spacial score (nSPS) is 11.4. The van der Waals surface area contributed by atoms with Gasteiger partial charge in [0.05, 0.1) is 11.4 Å². The third kappa shape index (κ3) is 3.18. The number of carbonyl (C=O) groups is 1. The highest BCUT2D eigenvalue weighted by Crippen LogP contribution is 2.29. The van der Waals surface area contributed by atoms with Gasteiger partial charge in [0, 0.05) is 0 Å². The predicted octanol–water partition coefficient (Wildman–Crippen LogP) is 1.16. The summed E-state index contributed by atoms with van der Waals surface area (Å²) in [7, 11) is -2.50. The summed E-state index contributed by atoms with van der Waals surface area (Å²) in [4.78, 5) is 10.8. The Balaban J connectivity index is 2.82. The summed E-state index contributed by atoms with van der Waals surface area (Å²) >= 11 is 6.70. The first-order valence-electron chi connectivity index (χ1n) is 4.19. The minimum Gasteiger partial charge on any atom is -0.468 e. The van der Waals surface area contributed by atoms with E-state index in [0.717, 1.165) is 11.3 Å². The van der Waals surface area contributed by atoms with Gasteiger partial charge in [-0.25, -0.2) is 8.42 Å². The molecule has 0 saturated heterocycles. The third-order valence-corrected chi connectivity index (χ3v) is 5.16. The first-order valence-corrected chi connectivity index (χ1v) is 6.87. The van der Waals surface area contributed by atoms with Crippen LogP contribution in [0, 0.1) is 6.92 Å². The fourth-order valence-electron chi connectivity index (χ4n) is 0.861. The number of esters is 1. The Hall–Kier alpha value is -0.630. The van der Waals surface area contributed by atoms with E-state index in [-0.39, 0.29) is 4.21 Å². The second-order valence-corrected chi connectivity index (χ2v) is 6.57. The summed E-state index contributed by atoms with van der Waals surface area (Å²) in [5.41, 5.74) is 0.685. The minimum atomic E-state index is -3.68. The van der Waals surface area contributed by atoms with Crippen molar-refractivity contribution in [2.45, 2.75) is 11.1 Å². The average molecular weight is 284 g/mol. The lowest BCUT2D eigenvalue weighted by molar-refractivity contribution is -0.139. The maximum Gasteiger partial charge on any atom is 0.320 e. The number of methoxy groups -OCH3 is 1. The molecule has 0 aliphatic carbocycles. The first kappa shape index (κ1) is 13.4. The number of thiophene rings is 1. The second-order valence-electron chi connectivity index (χ2n) is 2.92. The summed E-state index contributed by atoms with van der Waals surface area (Å²) in [5, 5.41) is 0. The van der Waals surface area contributed by atoms with Gasteiger partial charge in [0.15, 0.2) is 0 Å². The van der Waals surface area contributed by atoms with Crippen LogP contribution in [0.3, 0.4) is 0 Å². The fourth-order valence-corrected chi connectivity index (χ4v) is 3.58. The Morgan fingerprint density at radius 3 is 2.69 bits per heavy atom. The molecule has 0 aliphatic rings. The zero-order chi connectivity index (χ0) is 12.3. The minimum absolute atomic E-state index is 0.0823. The lowest BCUT2D eigenvalue weighted by Gasteiger charge is -2.02. The molecular formula is C8H10ClNO4S2.